The Balaban J connectivity index is 1.89. The highest BCUT2D eigenvalue weighted by molar-refractivity contribution is 5.80. The van der Waals surface area contributed by atoms with Gasteiger partial charge in [-0.1, -0.05) is 12.1 Å². The van der Waals surface area contributed by atoms with Gasteiger partial charge in [-0.25, -0.2) is 0 Å². The number of nitrogens with zero attached hydrogens (tertiary/aromatic N) is 1. The van der Waals surface area contributed by atoms with E-state index in [-0.39, 0.29) is 5.75 Å². The molecule has 98 valence electrons. The third-order valence-corrected chi connectivity index (χ3v) is 2.93. The van der Waals surface area contributed by atoms with Crippen LogP contribution < -0.4 is 0 Å². The monoisotopic (exact) mass is 255 g/mol. The van der Waals surface area contributed by atoms with Gasteiger partial charge < -0.3 is 10.2 Å². The van der Waals surface area contributed by atoms with Gasteiger partial charge in [0.15, 0.2) is 0 Å². The molecular weight excluding hydrogens is 238 g/mol. The summed E-state index contributed by atoms with van der Waals surface area (Å²) in [5.41, 5.74) is 2.99. The molecule has 0 aromatic heterocycles. The second kappa shape index (κ2) is 6.05. The summed E-state index contributed by atoms with van der Waals surface area (Å²) in [6.07, 6.45) is 2.65. The van der Waals surface area contributed by atoms with Crippen LogP contribution in [-0.4, -0.2) is 23.0 Å². The summed E-state index contributed by atoms with van der Waals surface area (Å²) in [5.74, 6) is 0.591. The average molecular weight is 255 g/mol. The highest BCUT2D eigenvalue weighted by atomic mass is 16.3. The minimum Gasteiger partial charge on any atom is -0.508 e. The smallest absolute Gasteiger partial charge is 0.118 e. The fourth-order valence-corrected chi connectivity index (χ4v) is 1.79. The Bertz CT molecular complexity index is 574. The Kier molecular flexibility index (Phi) is 4.18. The fraction of sp³-hybridized carbons (Fsp3) is 0.188. The molecule has 0 bridgehead atoms. The van der Waals surface area contributed by atoms with E-state index in [9.17, 15) is 10.2 Å². The van der Waals surface area contributed by atoms with Gasteiger partial charge in [0.25, 0.3) is 0 Å². The van der Waals surface area contributed by atoms with Crippen molar-refractivity contribution in [2.75, 3.05) is 6.54 Å². The first-order chi connectivity index (χ1) is 9.15. The van der Waals surface area contributed by atoms with Crippen molar-refractivity contribution in [1.29, 1.82) is 0 Å². The average Bonchev–Trinajstić information content (AvgIpc) is 2.41. The van der Waals surface area contributed by atoms with Crippen molar-refractivity contribution in [3.63, 3.8) is 0 Å². The van der Waals surface area contributed by atoms with E-state index in [4.69, 9.17) is 0 Å². The summed E-state index contributed by atoms with van der Waals surface area (Å²) < 4.78 is 0. The highest BCUT2D eigenvalue weighted by Crippen LogP contribution is 2.15. The van der Waals surface area contributed by atoms with Gasteiger partial charge in [0.2, 0.25) is 0 Å². The van der Waals surface area contributed by atoms with E-state index in [0.29, 0.717) is 12.3 Å². The van der Waals surface area contributed by atoms with E-state index < -0.39 is 0 Å². The van der Waals surface area contributed by atoms with E-state index in [1.54, 1.807) is 18.2 Å². The Morgan fingerprint density at radius 1 is 1.05 bits per heavy atom. The topological polar surface area (TPSA) is 52.8 Å². The fourth-order valence-electron chi connectivity index (χ4n) is 1.79. The van der Waals surface area contributed by atoms with Crippen LogP contribution in [0, 0.1) is 6.92 Å². The SMILES string of the molecule is Cc1cc(C=NCCc2ccc(O)cc2)ccc1O. The zero-order chi connectivity index (χ0) is 13.7. The van der Waals surface area contributed by atoms with Crippen molar-refractivity contribution >= 4 is 6.21 Å². The van der Waals surface area contributed by atoms with Crippen LogP contribution in [0.3, 0.4) is 0 Å². The summed E-state index contributed by atoms with van der Waals surface area (Å²) in [6.45, 7) is 2.56. The van der Waals surface area contributed by atoms with Crippen LogP contribution in [0.1, 0.15) is 16.7 Å². The van der Waals surface area contributed by atoms with Crippen molar-refractivity contribution in [3.05, 3.63) is 59.2 Å². The number of benzene rings is 2. The van der Waals surface area contributed by atoms with Gasteiger partial charge in [0.1, 0.15) is 11.5 Å². The number of phenols is 2. The van der Waals surface area contributed by atoms with Crippen molar-refractivity contribution in [2.24, 2.45) is 4.99 Å². The Labute approximate surface area is 112 Å². The van der Waals surface area contributed by atoms with E-state index in [1.165, 1.54) is 0 Å². The van der Waals surface area contributed by atoms with Gasteiger partial charge in [0, 0.05) is 12.8 Å². The van der Waals surface area contributed by atoms with Crippen molar-refractivity contribution in [3.8, 4) is 11.5 Å². The van der Waals surface area contributed by atoms with Crippen LogP contribution in [0.5, 0.6) is 11.5 Å². The normalized spacial score (nSPS) is 11.0. The number of aryl methyl sites for hydroxylation is 1. The molecular formula is C16H17NO2. The molecule has 0 saturated heterocycles. The highest BCUT2D eigenvalue weighted by Gasteiger charge is 1.96. The molecule has 0 aliphatic rings. The number of hydrogen-bond donors (Lipinski definition) is 2. The minimum atomic E-state index is 0.284. The third-order valence-electron chi connectivity index (χ3n) is 2.93. The maximum Gasteiger partial charge on any atom is 0.118 e. The largest absolute Gasteiger partial charge is 0.508 e. The molecule has 2 aromatic carbocycles. The molecule has 0 unspecified atom stereocenters. The molecule has 0 radical (unpaired) electrons. The predicted molar refractivity (Wildman–Crippen MR) is 77.1 cm³/mol. The Hall–Kier alpha value is -2.29. The lowest BCUT2D eigenvalue weighted by Crippen LogP contribution is -1.91. The molecule has 3 nitrogen and oxygen atoms in total. The van der Waals surface area contributed by atoms with E-state index in [1.807, 2.05) is 37.4 Å². The first-order valence-corrected chi connectivity index (χ1v) is 6.22. The van der Waals surface area contributed by atoms with Crippen molar-refractivity contribution in [2.45, 2.75) is 13.3 Å². The third kappa shape index (κ3) is 3.85. The Morgan fingerprint density at radius 2 is 1.79 bits per heavy atom. The molecule has 0 fully saturated rings. The molecule has 0 atom stereocenters. The second-order valence-electron chi connectivity index (χ2n) is 4.50. The summed E-state index contributed by atoms with van der Waals surface area (Å²) >= 11 is 0. The Morgan fingerprint density at radius 3 is 2.47 bits per heavy atom. The van der Waals surface area contributed by atoms with Crippen molar-refractivity contribution < 1.29 is 10.2 Å². The summed E-state index contributed by atoms with van der Waals surface area (Å²) in [7, 11) is 0. The molecule has 0 spiro atoms. The van der Waals surface area contributed by atoms with Gasteiger partial charge in [-0.2, -0.15) is 0 Å². The number of aromatic hydroxyl groups is 2. The summed E-state index contributed by atoms with van der Waals surface area (Å²) in [6, 6.07) is 12.6. The minimum absolute atomic E-state index is 0.284. The summed E-state index contributed by atoms with van der Waals surface area (Å²) in [4.78, 5) is 4.36. The van der Waals surface area contributed by atoms with Gasteiger partial charge in [-0.3, -0.25) is 4.99 Å². The van der Waals surface area contributed by atoms with Crippen LogP contribution in [0.2, 0.25) is 0 Å². The molecule has 3 heteroatoms. The lowest BCUT2D eigenvalue weighted by atomic mass is 10.1. The maximum absolute atomic E-state index is 9.42. The molecule has 0 amide bonds. The number of aliphatic imine (C=N–C) groups is 1. The quantitative estimate of drug-likeness (QED) is 0.825. The number of hydrogen-bond acceptors (Lipinski definition) is 3. The van der Waals surface area contributed by atoms with Gasteiger partial charge in [-0.05, 0) is 60.4 Å². The lowest BCUT2D eigenvalue weighted by molar-refractivity contribution is 0.471. The zero-order valence-electron chi connectivity index (χ0n) is 10.9. The molecule has 2 N–H and O–H groups in total. The van der Waals surface area contributed by atoms with E-state index in [0.717, 1.165) is 23.1 Å². The molecule has 19 heavy (non-hydrogen) atoms. The summed E-state index contributed by atoms with van der Waals surface area (Å²) in [5, 5.41) is 18.6. The number of rotatable bonds is 4. The van der Waals surface area contributed by atoms with Crippen LogP contribution in [-0.2, 0) is 6.42 Å². The van der Waals surface area contributed by atoms with Gasteiger partial charge >= 0.3 is 0 Å². The number of phenolic OH excluding ortho intramolecular Hbond substituents is 2. The van der Waals surface area contributed by atoms with Crippen LogP contribution in [0.15, 0.2) is 47.5 Å². The second-order valence-corrected chi connectivity index (χ2v) is 4.50. The van der Waals surface area contributed by atoms with Gasteiger partial charge in [-0.15, -0.1) is 0 Å². The lowest BCUT2D eigenvalue weighted by Gasteiger charge is -2.00. The van der Waals surface area contributed by atoms with E-state index in [2.05, 4.69) is 4.99 Å². The standard InChI is InChI=1S/C16H17NO2/c1-12-10-14(4-7-16(12)19)11-17-9-8-13-2-5-15(18)6-3-13/h2-7,10-11,18-19H,8-9H2,1H3. The van der Waals surface area contributed by atoms with Crippen LogP contribution >= 0.6 is 0 Å². The molecule has 2 aromatic rings. The first-order valence-electron chi connectivity index (χ1n) is 6.22. The zero-order valence-corrected chi connectivity index (χ0v) is 10.9. The van der Waals surface area contributed by atoms with Gasteiger partial charge in [0.05, 0.1) is 0 Å². The maximum atomic E-state index is 9.42. The van der Waals surface area contributed by atoms with Crippen molar-refractivity contribution in [1.82, 2.24) is 0 Å². The van der Waals surface area contributed by atoms with Crippen LogP contribution in [0.4, 0.5) is 0 Å². The molecule has 0 aliphatic heterocycles. The van der Waals surface area contributed by atoms with Crippen LogP contribution in [0.25, 0.3) is 0 Å². The first kappa shape index (κ1) is 13.1. The molecule has 0 heterocycles. The predicted octanol–water partition coefficient (Wildman–Crippen LogP) is 3.07. The molecule has 0 saturated carbocycles. The van der Waals surface area contributed by atoms with E-state index >= 15 is 0 Å². The molecule has 2 rings (SSSR count). The molecule has 0 aliphatic carbocycles.